The fourth-order valence-corrected chi connectivity index (χ4v) is 1.84. The van der Waals surface area contributed by atoms with E-state index in [0.29, 0.717) is 0 Å². The van der Waals surface area contributed by atoms with Crippen LogP contribution in [0.1, 0.15) is 43.7 Å². The van der Waals surface area contributed by atoms with Crippen molar-refractivity contribution in [3.8, 4) is 0 Å². The van der Waals surface area contributed by atoms with Crippen LogP contribution in [0.15, 0.2) is 24.3 Å². The topological polar surface area (TPSA) is 26.3 Å². The molecule has 0 heterocycles. The predicted octanol–water partition coefficient (Wildman–Crippen LogP) is 3.31. The molecule has 1 aromatic carbocycles. The number of benzene rings is 1. The summed E-state index contributed by atoms with van der Waals surface area (Å²) in [6.07, 6.45) is 2.85. The van der Waals surface area contributed by atoms with Gasteiger partial charge in [-0.3, -0.25) is 4.79 Å². The van der Waals surface area contributed by atoms with Crippen LogP contribution in [0.25, 0.3) is 0 Å². The van der Waals surface area contributed by atoms with Gasteiger partial charge in [0.25, 0.3) is 0 Å². The number of methoxy groups -OCH3 is 1. The van der Waals surface area contributed by atoms with E-state index in [1.807, 2.05) is 12.1 Å². The van der Waals surface area contributed by atoms with Crippen LogP contribution in [0.3, 0.4) is 0 Å². The molecule has 16 heavy (non-hydrogen) atoms. The molecule has 0 amide bonds. The molecule has 0 saturated heterocycles. The van der Waals surface area contributed by atoms with Crippen LogP contribution >= 0.6 is 0 Å². The van der Waals surface area contributed by atoms with Gasteiger partial charge in [0.2, 0.25) is 0 Å². The lowest BCUT2D eigenvalue weighted by Crippen LogP contribution is -2.14. The third-order valence-electron chi connectivity index (χ3n) is 2.85. The van der Waals surface area contributed by atoms with Crippen molar-refractivity contribution in [2.24, 2.45) is 0 Å². The van der Waals surface area contributed by atoms with E-state index in [1.165, 1.54) is 12.7 Å². The molecule has 0 aliphatic rings. The van der Waals surface area contributed by atoms with Crippen molar-refractivity contribution in [2.75, 3.05) is 7.11 Å². The highest BCUT2D eigenvalue weighted by Crippen LogP contribution is 2.23. The Kier molecular flexibility index (Phi) is 5.03. The number of rotatable bonds is 5. The molecule has 0 bridgehead atoms. The lowest BCUT2D eigenvalue weighted by atomic mass is 9.93. The number of hydrogen-bond donors (Lipinski definition) is 0. The Morgan fingerprint density at radius 2 is 1.88 bits per heavy atom. The van der Waals surface area contributed by atoms with Crippen molar-refractivity contribution < 1.29 is 9.53 Å². The van der Waals surface area contributed by atoms with Gasteiger partial charge in [0.05, 0.1) is 13.0 Å². The summed E-state index contributed by atoms with van der Waals surface area (Å²) in [5.41, 5.74) is 2.36. The molecule has 1 unspecified atom stereocenters. The predicted molar refractivity (Wildman–Crippen MR) is 65.5 cm³/mol. The minimum Gasteiger partial charge on any atom is -0.469 e. The monoisotopic (exact) mass is 220 g/mol. The molecule has 2 nitrogen and oxygen atoms in total. The van der Waals surface area contributed by atoms with Gasteiger partial charge in [0, 0.05) is 0 Å². The maximum atomic E-state index is 11.6. The molecule has 2 heteroatoms. The quantitative estimate of drug-likeness (QED) is 0.712. The van der Waals surface area contributed by atoms with Gasteiger partial charge < -0.3 is 4.74 Å². The summed E-state index contributed by atoms with van der Waals surface area (Å²) < 4.78 is 4.84. The molecule has 0 aromatic heterocycles. The van der Waals surface area contributed by atoms with Crippen molar-refractivity contribution in [1.29, 1.82) is 0 Å². The summed E-state index contributed by atoms with van der Waals surface area (Å²) in [4.78, 5) is 11.6. The van der Waals surface area contributed by atoms with E-state index in [0.717, 1.165) is 24.8 Å². The summed E-state index contributed by atoms with van der Waals surface area (Å²) in [5, 5.41) is 0. The second-order valence-electron chi connectivity index (χ2n) is 3.96. The average Bonchev–Trinajstić information content (AvgIpc) is 2.35. The van der Waals surface area contributed by atoms with Gasteiger partial charge in [0.1, 0.15) is 0 Å². The lowest BCUT2D eigenvalue weighted by molar-refractivity contribution is -0.142. The van der Waals surface area contributed by atoms with Crippen LogP contribution in [0.2, 0.25) is 0 Å². The highest BCUT2D eigenvalue weighted by molar-refractivity contribution is 5.78. The van der Waals surface area contributed by atoms with Crippen LogP contribution in [0.5, 0.6) is 0 Å². The largest absolute Gasteiger partial charge is 0.469 e. The van der Waals surface area contributed by atoms with Crippen molar-refractivity contribution in [1.82, 2.24) is 0 Å². The molecular weight excluding hydrogens is 200 g/mol. The second kappa shape index (κ2) is 6.31. The molecule has 88 valence electrons. The molecule has 0 saturated carbocycles. The fraction of sp³-hybridized carbons (Fsp3) is 0.500. The number of esters is 1. The number of carbonyl (C=O) groups is 1. The van der Waals surface area contributed by atoms with Crippen LogP contribution in [-0.4, -0.2) is 13.1 Å². The van der Waals surface area contributed by atoms with Gasteiger partial charge in [-0.1, -0.05) is 44.5 Å². The summed E-state index contributed by atoms with van der Waals surface area (Å²) in [5.74, 6) is -0.244. The van der Waals surface area contributed by atoms with Crippen molar-refractivity contribution in [3.05, 3.63) is 35.4 Å². The van der Waals surface area contributed by atoms with Crippen LogP contribution in [0, 0.1) is 0 Å². The van der Waals surface area contributed by atoms with Gasteiger partial charge in [-0.2, -0.15) is 0 Å². The molecule has 0 radical (unpaired) electrons. The molecule has 0 spiro atoms. The number of hydrogen-bond acceptors (Lipinski definition) is 2. The Morgan fingerprint density at radius 3 is 2.31 bits per heavy atom. The van der Waals surface area contributed by atoms with Gasteiger partial charge in [0.15, 0.2) is 0 Å². The van der Waals surface area contributed by atoms with Crippen molar-refractivity contribution in [3.63, 3.8) is 0 Å². The smallest absolute Gasteiger partial charge is 0.313 e. The lowest BCUT2D eigenvalue weighted by Gasteiger charge is -2.14. The standard InChI is InChI=1S/C14H20O2/c1-4-6-13(14(15)16-3)12-9-7-11(5-2)8-10-12/h7-10,13H,4-6H2,1-3H3. The van der Waals surface area contributed by atoms with Crippen LogP contribution in [0.4, 0.5) is 0 Å². The Morgan fingerprint density at radius 1 is 1.25 bits per heavy atom. The first-order valence-electron chi connectivity index (χ1n) is 5.89. The van der Waals surface area contributed by atoms with E-state index in [-0.39, 0.29) is 11.9 Å². The highest BCUT2D eigenvalue weighted by Gasteiger charge is 2.19. The van der Waals surface area contributed by atoms with E-state index in [2.05, 4.69) is 26.0 Å². The summed E-state index contributed by atoms with van der Waals surface area (Å²) in [7, 11) is 1.45. The molecular formula is C14H20O2. The van der Waals surface area contributed by atoms with E-state index in [4.69, 9.17) is 4.74 Å². The van der Waals surface area contributed by atoms with Gasteiger partial charge >= 0.3 is 5.97 Å². The molecule has 0 aliphatic carbocycles. The van der Waals surface area contributed by atoms with Gasteiger partial charge in [-0.25, -0.2) is 0 Å². The first-order chi connectivity index (χ1) is 7.72. The maximum absolute atomic E-state index is 11.6. The first-order valence-corrected chi connectivity index (χ1v) is 5.89. The van der Waals surface area contributed by atoms with E-state index in [9.17, 15) is 4.79 Å². The summed E-state index contributed by atoms with van der Waals surface area (Å²) in [6.45, 7) is 4.20. The second-order valence-corrected chi connectivity index (χ2v) is 3.96. The zero-order valence-corrected chi connectivity index (χ0v) is 10.3. The summed E-state index contributed by atoms with van der Waals surface area (Å²) >= 11 is 0. The number of ether oxygens (including phenoxy) is 1. The first kappa shape index (κ1) is 12.8. The van der Waals surface area contributed by atoms with E-state index >= 15 is 0 Å². The Hall–Kier alpha value is -1.31. The minimum absolute atomic E-state index is 0.110. The highest BCUT2D eigenvalue weighted by atomic mass is 16.5. The van der Waals surface area contributed by atoms with Crippen LogP contribution < -0.4 is 0 Å². The average molecular weight is 220 g/mol. The number of aryl methyl sites for hydroxylation is 1. The van der Waals surface area contributed by atoms with Crippen molar-refractivity contribution in [2.45, 2.75) is 39.0 Å². The van der Waals surface area contributed by atoms with Gasteiger partial charge in [-0.05, 0) is 24.0 Å². The Bertz CT molecular complexity index is 327. The molecule has 1 atom stereocenters. The zero-order valence-electron chi connectivity index (χ0n) is 10.3. The Balaban J connectivity index is 2.87. The molecule has 0 N–H and O–H groups in total. The van der Waals surface area contributed by atoms with Crippen molar-refractivity contribution >= 4 is 5.97 Å². The maximum Gasteiger partial charge on any atom is 0.313 e. The SMILES string of the molecule is CCCC(C(=O)OC)c1ccc(CC)cc1. The molecule has 0 fully saturated rings. The third-order valence-corrected chi connectivity index (χ3v) is 2.85. The molecule has 1 rings (SSSR count). The van der Waals surface area contributed by atoms with E-state index < -0.39 is 0 Å². The Labute approximate surface area is 97.6 Å². The van der Waals surface area contributed by atoms with Gasteiger partial charge in [-0.15, -0.1) is 0 Å². The van der Waals surface area contributed by atoms with Crippen LogP contribution in [-0.2, 0) is 16.0 Å². The van der Waals surface area contributed by atoms with E-state index in [1.54, 1.807) is 0 Å². The molecule has 0 aliphatic heterocycles. The molecule has 1 aromatic rings. The minimum atomic E-state index is -0.133. The zero-order chi connectivity index (χ0) is 12.0. The fourth-order valence-electron chi connectivity index (χ4n) is 1.84. The summed E-state index contributed by atoms with van der Waals surface area (Å²) in [6, 6.07) is 8.24. The normalized spacial score (nSPS) is 12.2. The number of carbonyl (C=O) groups excluding carboxylic acids is 1. The third kappa shape index (κ3) is 3.09.